The Hall–Kier alpha value is -1.57. The van der Waals surface area contributed by atoms with Gasteiger partial charge in [0.05, 0.1) is 6.10 Å². The Morgan fingerprint density at radius 1 is 0.944 bits per heavy atom. The van der Waals surface area contributed by atoms with Crippen molar-refractivity contribution in [2.75, 3.05) is 0 Å². The van der Waals surface area contributed by atoms with Crippen LogP contribution in [-0.4, -0.2) is 5.11 Å². The third-order valence-electron chi connectivity index (χ3n) is 2.99. The van der Waals surface area contributed by atoms with Crippen LogP contribution in [0.2, 0.25) is 5.02 Å². The van der Waals surface area contributed by atoms with Crippen LogP contribution >= 0.6 is 11.6 Å². The van der Waals surface area contributed by atoms with Crippen molar-refractivity contribution in [1.82, 2.24) is 0 Å². The lowest BCUT2D eigenvalue weighted by Gasteiger charge is -2.20. The molecule has 0 saturated carbocycles. The second kappa shape index (κ2) is 5.85. The van der Waals surface area contributed by atoms with E-state index < -0.39 is 6.10 Å². The van der Waals surface area contributed by atoms with Crippen molar-refractivity contribution in [3.63, 3.8) is 0 Å². The molecule has 1 nitrogen and oxygen atoms in total. The second-order valence-corrected chi connectivity index (χ2v) is 4.60. The first-order valence-electron chi connectivity index (χ1n) is 5.83. The van der Waals surface area contributed by atoms with E-state index >= 15 is 0 Å². The van der Waals surface area contributed by atoms with Crippen LogP contribution in [0.25, 0.3) is 0 Å². The fourth-order valence-electron chi connectivity index (χ4n) is 1.99. The molecule has 0 radical (unpaired) electrons. The fourth-order valence-corrected chi connectivity index (χ4v) is 2.12. The molecule has 2 heteroatoms. The largest absolute Gasteiger partial charge is 0.387 e. The first-order valence-corrected chi connectivity index (χ1v) is 6.21. The van der Waals surface area contributed by atoms with Crippen molar-refractivity contribution in [3.05, 3.63) is 83.4 Å². The summed E-state index contributed by atoms with van der Waals surface area (Å²) in [5.74, 6) is -0.118. The average Bonchev–Trinajstić information content (AvgIpc) is 2.41. The quantitative estimate of drug-likeness (QED) is 0.809. The maximum Gasteiger partial charge on any atom is 0.0893 e. The zero-order chi connectivity index (χ0) is 13.0. The molecule has 0 aliphatic heterocycles. The monoisotopic (exact) mass is 258 g/mol. The lowest BCUT2D eigenvalue weighted by Crippen LogP contribution is -2.08. The van der Waals surface area contributed by atoms with E-state index in [9.17, 15) is 5.11 Å². The molecule has 18 heavy (non-hydrogen) atoms. The highest BCUT2D eigenvalue weighted by Crippen LogP contribution is 2.32. The van der Waals surface area contributed by atoms with E-state index in [1.54, 1.807) is 18.2 Å². The molecule has 0 heterocycles. The standard InChI is InChI=1S/C16H15ClO/c1-2-15(12-6-4-3-5-7-12)16(18)13-8-10-14(17)11-9-13/h2-11,15-16,18H,1H2/t15-,16+/m0/s1. The van der Waals surface area contributed by atoms with Crippen LogP contribution in [0.1, 0.15) is 23.1 Å². The molecule has 92 valence electrons. The highest BCUT2D eigenvalue weighted by atomic mass is 35.5. The first kappa shape index (κ1) is 12.9. The van der Waals surface area contributed by atoms with Gasteiger partial charge in [0.15, 0.2) is 0 Å². The van der Waals surface area contributed by atoms with Gasteiger partial charge in [0.25, 0.3) is 0 Å². The summed E-state index contributed by atoms with van der Waals surface area (Å²) in [5, 5.41) is 11.1. The third kappa shape index (κ3) is 2.81. The molecular formula is C16H15ClO. The highest BCUT2D eigenvalue weighted by Gasteiger charge is 2.19. The van der Waals surface area contributed by atoms with Crippen LogP contribution in [-0.2, 0) is 0 Å². The molecule has 2 atom stereocenters. The Bertz CT molecular complexity index is 504. The van der Waals surface area contributed by atoms with Gasteiger partial charge in [0.1, 0.15) is 0 Å². The number of hydrogen-bond acceptors (Lipinski definition) is 1. The van der Waals surface area contributed by atoms with Crippen molar-refractivity contribution in [2.45, 2.75) is 12.0 Å². The van der Waals surface area contributed by atoms with Crippen molar-refractivity contribution >= 4 is 11.6 Å². The van der Waals surface area contributed by atoms with Crippen LogP contribution in [0.3, 0.4) is 0 Å². The molecule has 0 fully saturated rings. The van der Waals surface area contributed by atoms with Gasteiger partial charge in [-0.15, -0.1) is 6.58 Å². The van der Waals surface area contributed by atoms with Gasteiger partial charge in [-0.25, -0.2) is 0 Å². The summed E-state index contributed by atoms with van der Waals surface area (Å²) in [6, 6.07) is 17.1. The highest BCUT2D eigenvalue weighted by molar-refractivity contribution is 6.30. The third-order valence-corrected chi connectivity index (χ3v) is 3.24. The van der Waals surface area contributed by atoms with Crippen LogP contribution in [0.5, 0.6) is 0 Å². The van der Waals surface area contributed by atoms with E-state index in [0.29, 0.717) is 5.02 Å². The molecule has 0 unspecified atom stereocenters. The smallest absolute Gasteiger partial charge is 0.0893 e. The molecule has 0 saturated heterocycles. The lowest BCUT2D eigenvalue weighted by atomic mass is 9.89. The van der Waals surface area contributed by atoms with Crippen molar-refractivity contribution in [3.8, 4) is 0 Å². The van der Waals surface area contributed by atoms with Crippen LogP contribution < -0.4 is 0 Å². The molecule has 0 amide bonds. The second-order valence-electron chi connectivity index (χ2n) is 4.17. The van der Waals surface area contributed by atoms with Gasteiger partial charge in [-0.05, 0) is 23.3 Å². The normalized spacial score (nSPS) is 13.9. The summed E-state index contributed by atoms with van der Waals surface area (Å²) in [6.45, 7) is 3.82. The topological polar surface area (TPSA) is 20.2 Å². The summed E-state index contributed by atoms with van der Waals surface area (Å²) in [6.07, 6.45) is 1.16. The van der Waals surface area contributed by atoms with E-state index in [4.69, 9.17) is 11.6 Å². The molecular weight excluding hydrogens is 244 g/mol. The van der Waals surface area contributed by atoms with Crippen LogP contribution in [0.15, 0.2) is 67.3 Å². The van der Waals surface area contributed by atoms with Gasteiger partial charge in [-0.3, -0.25) is 0 Å². The Labute approximate surface area is 112 Å². The van der Waals surface area contributed by atoms with Crippen molar-refractivity contribution in [1.29, 1.82) is 0 Å². The Morgan fingerprint density at radius 3 is 2.11 bits per heavy atom. The summed E-state index contributed by atoms with van der Waals surface area (Å²) in [4.78, 5) is 0. The maximum atomic E-state index is 10.4. The Kier molecular flexibility index (Phi) is 4.19. The predicted molar refractivity (Wildman–Crippen MR) is 75.8 cm³/mol. The number of aliphatic hydroxyl groups is 1. The molecule has 2 aromatic rings. The van der Waals surface area contributed by atoms with E-state index in [-0.39, 0.29) is 5.92 Å². The van der Waals surface area contributed by atoms with E-state index in [1.165, 1.54) is 0 Å². The molecule has 0 aliphatic carbocycles. The average molecular weight is 259 g/mol. The van der Waals surface area contributed by atoms with Gasteiger partial charge in [-0.1, -0.05) is 60.1 Å². The van der Waals surface area contributed by atoms with Gasteiger partial charge >= 0.3 is 0 Å². The molecule has 0 aliphatic rings. The van der Waals surface area contributed by atoms with Gasteiger partial charge in [0.2, 0.25) is 0 Å². The minimum absolute atomic E-state index is 0.118. The SMILES string of the molecule is C=C[C@@H](c1ccccc1)[C@H](O)c1ccc(Cl)cc1. The number of rotatable bonds is 4. The molecule has 0 spiro atoms. The lowest BCUT2D eigenvalue weighted by molar-refractivity contribution is 0.162. The van der Waals surface area contributed by atoms with E-state index in [2.05, 4.69) is 6.58 Å². The van der Waals surface area contributed by atoms with Crippen LogP contribution in [0, 0.1) is 0 Å². The van der Waals surface area contributed by atoms with Gasteiger partial charge in [-0.2, -0.15) is 0 Å². The van der Waals surface area contributed by atoms with E-state index in [1.807, 2.05) is 42.5 Å². The number of hydrogen-bond donors (Lipinski definition) is 1. The molecule has 2 rings (SSSR count). The van der Waals surface area contributed by atoms with Crippen molar-refractivity contribution < 1.29 is 5.11 Å². The molecule has 0 bridgehead atoms. The van der Waals surface area contributed by atoms with Gasteiger partial charge in [0, 0.05) is 10.9 Å². The summed E-state index contributed by atoms with van der Waals surface area (Å²) < 4.78 is 0. The fraction of sp³-hybridized carbons (Fsp3) is 0.125. The first-order chi connectivity index (χ1) is 8.72. The maximum absolute atomic E-state index is 10.4. The number of halogens is 1. The van der Waals surface area contributed by atoms with Gasteiger partial charge < -0.3 is 5.11 Å². The molecule has 2 aromatic carbocycles. The zero-order valence-electron chi connectivity index (χ0n) is 9.96. The zero-order valence-corrected chi connectivity index (χ0v) is 10.7. The Balaban J connectivity index is 2.28. The predicted octanol–water partition coefficient (Wildman–Crippen LogP) is 4.34. The van der Waals surface area contributed by atoms with Crippen molar-refractivity contribution in [2.24, 2.45) is 0 Å². The summed E-state index contributed by atoms with van der Waals surface area (Å²) in [7, 11) is 0. The number of benzene rings is 2. The van der Waals surface area contributed by atoms with E-state index in [0.717, 1.165) is 11.1 Å². The van der Waals surface area contributed by atoms with Crippen LogP contribution in [0.4, 0.5) is 0 Å². The summed E-state index contributed by atoms with van der Waals surface area (Å²) in [5.41, 5.74) is 1.89. The summed E-state index contributed by atoms with van der Waals surface area (Å²) >= 11 is 5.85. The minimum Gasteiger partial charge on any atom is -0.387 e. The molecule has 0 aromatic heterocycles. The number of aliphatic hydroxyl groups excluding tert-OH is 1. The Morgan fingerprint density at radius 2 is 1.56 bits per heavy atom. The minimum atomic E-state index is -0.609. The molecule has 1 N–H and O–H groups in total.